The van der Waals surface area contributed by atoms with Crippen molar-refractivity contribution in [2.24, 2.45) is 5.92 Å². The third kappa shape index (κ3) is 4.45. The summed E-state index contributed by atoms with van der Waals surface area (Å²) in [6.07, 6.45) is 2.29. The van der Waals surface area contributed by atoms with Crippen LogP contribution in [0.1, 0.15) is 42.6 Å². The predicted molar refractivity (Wildman–Crippen MR) is 88.0 cm³/mol. The lowest BCUT2D eigenvalue weighted by Gasteiger charge is -2.33. The minimum absolute atomic E-state index is 0.0918. The zero-order chi connectivity index (χ0) is 15.4. The van der Waals surface area contributed by atoms with E-state index in [1.165, 1.54) is 0 Å². The predicted octanol–water partition coefficient (Wildman–Crippen LogP) is 3.50. The van der Waals surface area contributed by atoms with E-state index in [0.717, 1.165) is 38.0 Å². The largest absolute Gasteiger partial charge is 0.336 e. The van der Waals surface area contributed by atoms with Gasteiger partial charge in [-0.1, -0.05) is 11.6 Å². The second-order valence-corrected chi connectivity index (χ2v) is 6.70. The number of nitrogens with zero attached hydrogens (tertiary/aromatic N) is 1. The Balaban J connectivity index is 2.14. The third-order valence-electron chi connectivity index (χ3n) is 4.09. The molecule has 0 aromatic heterocycles. The van der Waals surface area contributed by atoms with Gasteiger partial charge in [0.05, 0.1) is 0 Å². The smallest absolute Gasteiger partial charge is 0.254 e. The van der Waals surface area contributed by atoms with Crippen molar-refractivity contribution in [2.75, 3.05) is 19.6 Å². The lowest BCUT2D eigenvalue weighted by atomic mass is 9.96. The third-order valence-corrected chi connectivity index (χ3v) is 4.31. The Kier molecular flexibility index (Phi) is 5.65. The van der Waals surface area contributed by atoms with Crippen molar-refractivity contribution in [1.82, 2.24) is 10.2 Å². The molecule has 1 fully saturated rings. The lowest BCUT2D eigenvalue weighted by molar-refractivity contribution is 0.0658. The first kappa shape index (κ1) is 16.3. The van der Waals surface area contributed by atoms with Gasteiger partial charge in [0.2, 0.25) is 0 Å². The zero-order valence-electron chi connectivity index (χ0n) is 13.2. The Morgan fingerprint density at radius 1 is 1.33 bits per heavy atom. The summed E-state index contributed by atoms with van der Waals surface area (Å²) < 4.78 is 0. The lowest BCUT2D eigenvalue weighted by Crippen LogP contribution is -2.43. The number of nitrogens with one attached hydrogen (secondary N) is 1. The van der Waals surface area contributed by atoms with Crippen LogP contribution in [0.3, 0.4) is 0 Å². The summed E-state index contributed by atoms with van der Waals surface area (Å²) in [5, 5.41) is 4.00. The van der Waals surface area contributed by atoms with Gasteiger partial charge >= 0.3 is 0 Å². The molecule has 1 amide bonds. The van der Waals surface area contributed by atoms with Crippen LogP contribution in [0.4, 0.5) is 0 Å². The van der Waals surface area contributed by atoms with E-state index in [1.807, 2.05) is 24.0 Å². The van der Waals surface area contributed by atoms with Crippen molar-refractivity contribution >= 4 is 17.5 Å². The molecule has 0 aliphatic carbocycles. The standard InChI is InChI=1S/C17H25ClN2O/c1-12(2)20(11-14-4-6-19-7-5-14)17(21)15-8-13(3)9-16(18)10-15/h8-10,12,14,19H,4-7,11H2,1-3H3. The molecule has 1 aliphatic rings. The van der Waals surface area contributed by atoms with E-state index in [9.17, 15) is 4.79 Å². The number of hydrogen-bond acceptors (Lipinski definition) is 2. The quantitative estimate of drug-likeness (QED) is 0.923. The van der Waals surface area contributed by atoms with Gasteiger partial charge < -0.3 is 10.2 Å². The van der Waals surface area contributed by atoms with Crippen LogP contribution >= 0.6 is 11.6 Å². The summed E-state index contributed by atoms with van der Waals surface area (Å²) in [7, 11) is 0. The molecule has 21 heavy (non-hydrogen) atoms. The van der Waals surface area contributed by atoms with E-state index in [2.05, 4.69) is 19.2 Å². The Labute approximate surface area is 132 Å². The number of carbonyl (C=O) groups excluding carboxylic acids is 1. The number of benzene rings is 1. The molecule has 1 N–H and O–H groups in total. The molecule has 1 aromatic rings. The first-order chi connectivity index (χ1) is 9.97. The summed E-state index contributed by atoms with van der Waals surface area (Å²) in [6, 6.07) is 5.78. The zero-order valence-corrected chi connectivity index (χ0v) is 13.9. The topological polar surface area (TPSA) is 32.3 Å². The first-order valence-corrected chi connectivity index (χ1v) is 8.14. The molecule has 4 heteroatoms. The number of hydrogen-bond donors (Lipinski definition) is 1. The average Bonchev–Trinajstić information content (AvgIpc) is 2.44. The molecule has 1 aliphatic heterocycles. The van der Waals surface area contributed by atoms with Crippen LogP contribution in [0, 0.1) is 12.8 Å². The van der Waals surface area contributed by atoms with E-state index in [0.29, 0.717) is 16.5 Å². The van der Waals surface area contributed by atoms with Gasteiger partial charge in [0, 0.05) is 23.2 Å². The SMILES string of the molecule is Cc1cc(Cl)cc(C(=O)N(CC2CCNCC2)C(C)C)c1. The van der Waals surface area contributed by atoms with Crippen molar-refractivity contribution in [2.45, 2.75) is 39.7 Å². The van der Waals surface area contributed by atoms with Crippen molar-refractivity contribution in [3.63, 3.8) is 0 Å². The first-order valence-electron chi connectivity index (χ1n) is 7.76. The molecule has 0 spiro atoms. The van der Waals surface area contributed by atoms with Crippen LogP contribution in [0.2, 0.25) is 5.02 Å². The van der Waals surface area contributed by atoms with Gasteiger partial charge in [-0.15, -0.1) is 0 Å². The number of piperidine rings is 1. The maximum absolute atomic E-state index is 12.8. The fourth-order valence-electron chi connectivity index (χ4n) is 2.90. The molecule has 0 unspecified atom stereocenters. The molecule has 0 saturated carbocycles. The summed E-state index contributed by atoms with van der Waals surface area (Å²) >= 11 is 6.09. The van der Waals surface area contributed by atoms with E-state index in [-0.39, 0.29) is 11.9 Å². The average molecular weight is 309 g/mol. The molecule has 1 heterocycles. The molecule has 1 saturated heterocycles. The highest BCUT2D eigenvalue weighted by molar-refractivity contribution is 6.31. The maximum atomic E-state index is 12.8. The molecule has 0 radical (unpaired) electrons. The number of carbonyl (C=O) groups is 1. The number of amides is 1. The van der Waals surface area contributed by atoms with Crippen molar-refractivity contribution in [3.8, 4) is 0 Å². The van der Waals surface area contributed by atoms with Crippen LogP contribution in [0.25, 0.3) is 0 Å². The van der Waals surface area contributed by atoms with Gasteiger partial charge in [-0.05, 0) is 76.4 Å². The van der Waals surface area contributed by atoms with Gasteiger partial charge in [-0.25, -0.2) is 0 Å². The highest BCUT2D eigenvalue weighted by Gasteiger charge is 2.24. The second kappa shape index (κ2) is 7.28. The van der Waals surface area contributed by atoms with Gasteiger partial charge in [0.25, 0.3) is 5.91 Å². The fourth-order valence-corrected chi connectivity index (χ4v) is 3.19. The highest BCUT2D eigenvalue weighted by Crippen LogP contribution is 2.20. The molecule has 0 atom stereocenters. The minimum atomic E-state index is 0.0918. The molecule has 3 nitrogen and oxygen atoms in total. The number of halogens is 1. The van der Waals surface area contributed by atoms with Crippen LogP contribution < -0.4 is 5.32 Å². The molecule has 2 rings (SSSR count). The summed E-state index contributed by atoms with van der Waals surface area (Å²) in [4.78, 5) is 14.8. The molecule has 1 aromatic carbocycles. The van der Waals surface area contributed by atoms with E-state index in [4.69, 9.17) is 11.6 Å². The van der Waals surface area contributed by atoms with Crippen LogP contribution in [-0.4, -0.2) is 36.5 Å². The van der Waals surface area contributed by atoms with Gasteiger partial charge in [-0.2, -0.15) is 0 Å². The van der Waals surface area contributed by atoms with Crippen molar-refractivity contribution in [3.05, 3.63) is 34.3 Å². The molecular weight excluding hydrogens is 284 g/mol. The monoisotopic (exact) mass is 308 g/mol. The summed E-state index contributed by atoms with van der Waals surface area (Å²) in [5.41, 5.74) is 1.72. The Morgan fingerprint density at radius 3 is 2.57 bits per heavy atom. The second-order valence-electron chi connectivity index (χ2n) is 6.26. The normalized spacial score (nSPS) is 16.2. The van der Waals surface area contributed by atoms with Crippen molar-refractivity contribution < 1.29 is 4.79 Å². The minimum Gasteiger partial charge on any atom is -0.336 e. The number of rotatable bonds is 4. The molecular formula is C17H25ClN2O. The van der Waals surface area contributed by atoms with Gasteiger partial charge in [0.15, 0.2) is 0 Å². The number of aryl methyl sites for hydroxylation is 1. The molecule has 116 valence electrons. The van der Waals surface area contributed by atoms with Gasteiger partial charge in [-0.3, -0.25) is 4.79 Å². The Bertz CT molecular complexity index is 475. The summed E-state index contributed by atoms with van der Waals surface area (Å²) in [5.74, 6) is 0.687. The Morgan fingerprint density at radius 2 is 2.00 bits per heavy atom. The van der Waals surface area contributed by atoms with E-state index in [1.54, 1.807) is 6.07 Å². The fraction of sp³-hybridized carbons (Fsp3) is 0.588. The van der Waals surface area contributed by atoms with Crippen LogP contribution in [0.5, 0.6) is 0 Å². The highest BCUT2D eigenvalue weighted by atomic mass is 35.5. The van der Waals surface area contributed by atoms with E-state index < -0.39 is 0 Å². The van der Waals surface area contributed by atoms with Crippen LogP contribution in [-0.2, 0) is 0 Å². The van der Waals surface area contributed by atoms with E-state index >= 15 is 0 Å². The van der Waals surface area contributed by atoms with Crippen molar-refractivity contribution in [1.29, 1.82) is 0 Å². The van der Waals surface area contributed by atoms with Gasteiger partial charge in [0.1, 0.15) is 0 Å². The van der Waals surface area contributed by atoms with Crippen LogP contribution in [0.15, 0.2) is 18.2 Å². The molecule has 0 bridgehead atoms. The Hall–Kier alpha value is -1.06. The summed E-state index contributed by atoms with van der Waals surface area (Å²) in [6.45, 7) is 9.08. The maximum Gasteiger partial charge on any atom is 0.254 e.